The van der Waals surface area contributed by atoms with E-state index in [2.05, 4.69) is 5.32 Å². The average Bonchev–Trinajstić information content (AvgIpc) is 2.41. The zero-order chi connectivity index (χ0) is 15.6. The highest BCUT2D eigenvalue weighted by Gasteiger charge is 2.12. The number of halogens is 3. The Kier molecular flexibility index (Phi) is 4.96. The highest BCUT2D eigenvalue weighted by molar-refractivity contribution is 6.33. The van der Waals surface area contributed by atoms with Crippen LogP contribution in [0.3, 0.4) is 0 Å². The predicted octanol–water partition coefficient (Wildman–Crippen LogP) is 5.09. The third-order valence-corrected chi connectivity index (χ3v) is 3.62. The van der Waals surface area contributed by atoms with Crippen LogP contribution in [0.25, 0.3) is 11.1 Å². The highest BCUT2D eigenvalue weighted by atomic mass is 35.5. The molecule has 0 atom stereocenters. The van der Waals surface area contributed by atoms with Gasteiger partial charge in [0.1, 0.15) is 11.6 Å². The number of rotatable bonds is 4. The molecule has 0 radical (unpaired) electrons. The molecule has 0 fully saturated rings. The summed E-state index contributed by atoms with van der Waals surface area (Å²) in [5, 5.41) is 3.59. The van der Waals surface area contributed by atoms with Crippen LogP contribution in [-0.4, -0.2) is 6.04 Å². The van der Waals surface area contributed by atoms with Gasteiger partial charge in [-0.2, -0.15) is 0 Å². The first kappa shape index (κ1) is 15.9. The Morgan fingerprint density at radius 2 is 1.81 bits per heavy atom. The van der Waals surface area contributed by atoms with Gasteiger partial charge >= 0.3 is 0 Å². The predicted molar refractivity (Wildman–Crippen MR) is 83.5 cm³/mol. The summed E-state index contributed by atoms with van der Waals surface area (Å²) < 4.78 is 27.0. The van der Waals surface area contributed by atoms with Gasteiger partial charge in [-0.05, 0) is 47.9 Å². The second-order valence-electron chi connectivity index (χ2n) is 5.42. The molecule has 4 heteroatoms. The summed E-state index contributed by atoms with van der Waals surface area (Å²) in [6.45, 7) is 6.25. The van der Waals surface area contributed by atoms with E-state index in [0.29, 0.717) is 17.1 Å². The monoisotopic (exact) mass is 309 g/mol. The van der Waals surface area contributed by atoms with E-state index >= 15 is 0 Å². The summed E-state index contributed by atoms with van der Waals surface area (Å²) in [7, 11) is 0. The van der Waals surface area contributed by atoms with Crippen LogP contribution in [0.1, 0.15) is 25.0 Å². The lowest BCUT2D eigenvalue weighted by Crippen LogP contribution is -2.22. The molecular weight excluding hydrogens is 292 g/mol. The standard InChI is InChI=1S/C17H18ClF2N/c1-10(2)21-9-12-7-13(19)4-5-14(12)15-6-11(3)17(20)8-16(15)18/h4-8,10,21H,9H2,1-3H3. The van der Waals surface area contributed by atoms with Gasteiger partial charge in [0.2, 0.25) is 0 Å². The maximum atomic E-state index is 13.5. The van der Waals surface area contributed by atoms with E-state index in [-0.39, 0.29) is 17.7 Å². The quantitative estimate of drug-likeness (QED) is 0.829. The molecule has 0 saturated heterocycles. The van der Waals surface area contributed by atoms with Crippen LogP contribution in [0, 0.1) is 18.6 Å². The minimum atomic E-state index is -0.340. The second kappa shape index (κ2) is 6.54. The van der Waals surface area contributed by atoms with E-state index in [1.807, 2.05) is 13.8 Å². The number of hydrogen-bond acceptors (Lipinski definition) is 1. The van der Waals surface area contributed by atoms with Crippen molar-refractivity contribution in [2.75, 3.05) is 0 Å². The normalized spacial score (nSPS) is 11.2. The van der Waals surface area contributed by atoms with E-state index in [9.17, 15) is 8.78 Å². The lowest BCUT2D eigenvalue weighted by molar-refractivity contribution is 0.582. The van der Waals surface area contributed by atoms with Crippen molar-refractivity contribution in [3.8, 4) is 11.1 Å². The second-order valence-corrected chi connectivity index (χ2v) is 5.83. The van der Waals surface area contributed by atoms with Crippen molar-refractivity contribution in [2.45, 2.75) is 33.4 Å². The average molecular weight is 310 g/mol. The fraction of sp³-hybridized carbons (Fsp3) is 0.294. The summed E-state index contributed by atoms with van der Waals surface area (Å²) in [5.74, 6) is -0.637. The van der Waals surface area contributed by atoms with Crippen molar-refractivity contribution in [2.24, 2.45) is 0 Å². The van der Waals surface area contributed by atoms with Crippen molar-refractivity contribution in [3.05, 3.63) is 58.1 Å². The number of nitrogens with one attached hydrogen (secondary N) is 1. The largest absolute Gasteiger partial charge is 0.310 e. The van der Waals surface area contributed by atoms with Crippen molar-refractivity contribution in [3.63, 3.8) is 0 Å². The Bertz CT molecular complexity index is 653. The van der Waals surface area contributed by atoms with Crippen LogP contribution < -0.4 is 5.32 Å². The van der Waals surface area contributed by atoms with Crippen LogP contribution >= 0.6 is 11.6 Å². The maximum Gasteiger partial charge on any atom is 0.127 e. The molecule has 0 bridgehead atoms. The molecule has 0 aliphatic carbocycles. The van der Waals surface area contributed by atoms with Crippen LogP contribution in [0.2, 0.25) is 5.02 Å². The van der Waals surface area contributed by atoms with Gasteiger partial charge in [0.25, 0.3) is 0 Å². The molecule has 1 nitrogen and oxygen atoms in total. The van der Waals surface area contributed by atoms with E-state index in [1.54, 1.807) is 19.1 Å². The minimum Gasteiger partial charge on any atom is -0.310 e. The molecule has 0 amide bonds. The van der Waals surface area contributed by atoms with Gasteiger partial charge in [-0.1, -0.05) is 31.5 Å². The highest BCUT2D eigenvalue weighted by Crippen LogP contribution is 2.33. The number of aryl methyl sites for hydroxylation is 1. The topological polar surface area (TPSA) is 12.0 Å². The lowest BCUT2D eigenvalue weighted by Gasteiger charge is -2.15. The SMILES string of the molecule is Cc1cc(-c2ccc(F)cc2CNC(C)C)c(Cl)cc1F. The van der Waals surface area contributed by atoms with Crippen molar-refractivity contribution < 1.29 is 8.78 Å². The Labute approximate surface area is 128 Å². The molecule has 0 aromatic heterocycles. The van der Waals surface area contributed by atoms with E-state index in [4.69, 9.17) is 11.6 Å². The summed E-state index contributed by atoms with van der Waals surface area (Å²) in [6.07, 6.45) is 0. The molecule has 0 heterocycles. The Hall–Kier alpha value is -1.45. The van der Waals surface area contributed by atoms with Gasteiger partial charge in [-0.3, -0.25) is 0 Å². The molecule has 0 spiro atoms. The minimum absolute atomic E-state index is 0.284. The van der Waals surface area contributed by atoms with Gasteiger partial charge in [-0.25, -0.2) is 8.78 Å². The van der Waals surface area contributed by atoms with Gasteiger partial charge in [0.05, 0.1) is 5.02 Å². The van der Waals surface area contributed by atoms with Gasteiger partial charge in [-0.15, -0.1) is 0 Å². The molecule has 0 unspecified atom stereocenters. The third kappa shape index (κ3) is 3.80. The first-order valence-electron chi connectivity index (χ1n) is 6.86. The van der Waals surface area contributed by atoms with Gasteiger partial charge < -0.3 is 5.32 Å². The van der Waals surface area contributed by atoms with Crippen molar-refractivity contribution >= 4 is 11.6 Å². The molecule has 0 aliphatic rings. The Morgan fingerprint density at radius 1 is 1.10 bits per heavy atom. The Morgan fingerprint density at radius 3 is 2.48 bits per heavy atom. The van der Waals surface area contributed by atoms with E-state index < -0.39 is 0 Å². The smallest absolute Gasteiger partial charge is 0.127 e. The zero-order valence-electron chi connectivity index (χ0n) is 12.3. The molecule has 1 N–H and O–H groups in total. The van der Waals surface area contributed by atoms with Crippen LogP contribution in [0.15, 0.2) is 30.3 Å². The first-order chi connectivity index (χ1) is 9.88. The molecule has 112 valence electrons. The van der Waals surface area contributed by atoms with E-state index in [0.717, 1.165) is 16.7 Å². The van der Waals surface area contributed by atoms with Crippen LogP contribution in [0.5, 0.6) is 0 Å². The summed E-state index contributed by atoms with van der Waals surface area (Å²) in [4.78, 5) is 0. The molecule has 0 saturated carbocycles. The van der Waals surface area contributed by atoms with Crippen LogP contribution in [0.4, 0.5) is 8.78 Å². The molecule has 2 aromatic rings. The van der Waals surface area contributed by atoms with Crippen molar-refractivity contribution in [1.29, 1.82) is 0 Å². The van der Waals surface area contributed by atoms with E-state index in [1.165, 1.54) is 18.2 Å². The van der Waals surface area contributed by atoms with Crippen LogP contribution in [-0.2, 0) is 6.54 Å². The maximum absolute atomic E-state index is 13.5. The summed E-state index contributed by atoms with van der Waals surface area (Å²) in [6, 6.07) is 7.85. The number of hydrogen-bond donors (Lipinski definition) is 1. The fourth-order valence-corrected chi connectivity index (χ4v) is 2.40. The number of benzene rings is 2. The summed E-state index contributed by atoms with van der Waals surface area (Å²) in [5.41, 5.74) is 2.85. The third-order valence-electron chi connectivity index (χ3n) is 3.31. The zero-order valence-corrected chi connectivity index (χ0v) is 13.1. The first-order valence-corrected chi connectivity index (χ1v) is 7.24. The Balaban J connectivity index is 2.50. The fourth-order valence-electron chi connectivity index (χ4n) is 2.15. The lowest BCUT2D eigenvalue weighted by atomic mass is 9.97. The molecule has 2 aromatic carbocycles. The molecule has 0 aliphatic heterocycles. The van der Waals surface area contributed by atoms with Gasteiger partial charge in [0.15, 0.2) is 0 Å². The molecular formula is C17H18ClF2N. The summed E-state index contributed by atoms with van der Waals surface area (Å²) >= 11 is 6.16. The van der Waals surface area contributed by atoms with Gasteiger partial charge in [0, 0.05) is 18.2 Å². The van der Waals surface area contributed by atoms with Crippen molar-refractivity contribution in [1.82, 2.24) is 5.32 Å². The molecule has 21 heavy (non-hydrogen) atoms. The molecule has 2 rings (SSSR count).